The molecule has 1 saturated heterocycles. The van der Waals surface area contributed by atoms with Crippen LogP contribution in [0.25, 0.3) is 0 Å². The van der Waals surface area contributed by atoms with Gasteiger partial charge in [-0.15, -0.1) is 0 Å². The predicted molar refractivity (Wildman–Crippen MR) is 100 cm³/mol. The van der Waals surface area contributed by atoms with Crippen molar-refractivity contribution in [1.29, 1.82) is 0 Å². The largest absolute Gasteiger partial charge is 0.379 e. The third-order valence-corrected chi connectivity index (χ3v) is 4.58. The zero-order valence-corrected chi connectivity index (χ0v) is 16.6. The summed E-state index contributed by atoms with van der Waals surface area (Å²) >= 11 is 0. The summed E-state index contributed by atoms with van der Waals surface area (Å²) in [5.74, 6) is 0.743. The summed E-state index contributed by atoms with van der Waals surface area (Å²) in [5.41, 5.74) is 0. The maximum Gasteiger partial charge on any atom is 0.237 e. The summed E-state index contributed by atoms with van der Waals surface area (Å²) in [7, 11) is 0. The summed E-state index contributed by atoms with van der Waals surface area (Å²) in [6, 6.07) is -0.129. The minimum atomic E-state index is -0.129. The SMILES string of the molecule is CC(C)CNC(=O)C(C)N1CCC(C(=O)NCCCOC(C)C)CC1. The molecule has 0 saturated carbocycles. The van der Waals surface area contributed by atoms with E-state index in [1.807, 2.05) is 20.8 Å². The van der Waals surface area contributed by atoms with Gasteiger partial charge >= 0.3 is 0 Å². The Bertz CT molecular complexity index is 405. The molecule has 25 heavy (non-hydrogen) atoms. The Kier molecular flexibility index (Phi) is 10.0. The Hall–Kier alpha value is -1.14. The lowest BCUT2D eigenvalue weighted by atomic mass is 9.95. The van der Waals surface area contributed by atoms with E-state index in [1.165, 1.54) is 0 Å². The van der Waals surface area contributed by atoms with E-state index in [2.05, 4.69) is 29.4 Å². The minimum Gasteiger partial charge on any atom is -0.379 e. The third kappa shape index (κ3) is 8.68. The average Bonchev–Trinajstić information content (AvgIpc) is 2.58. The number of nitrogens with zero attached hydrogens (tertiary/aromatic N) is 1. The van der Waals surface area contributed by atoms with Crippen LogP contribution in [-0.2, 0) is 14.3 Å². The maximum atomic E-state index is 12.2. The summed E-state index contributed by atoms with van der Waals surface area (Å²) in [6.45, 7) is 13.8. The van der Waals surface area contributed by atoms with Gasteiger partial charge in [-0.2, -0.15) is 0 Å². The Balaban J connectivity index is 2.23. The second kappa shape index (κ2) is 11.5. The maximum absolute atomic E-state index is 12.2. The van der Waals surface area contributed by atoms with Crippen molar-refractivity contribution in [2.24, 2.45) is 11.8 Å². The molecule has 1 unspecified atom stereocenters. The van der Waals surface area contributed by atoms with Gasteiger partial charge < -0.3 is 15.4 Å². The Morgan fingerprint density at radius 2 is 1.72 bits per heavy atom. The van der Waals surface area contributed by atoms with Crippen molar-refractivity contribution in [3.63, 3.8) is 0 Å². The number of amides is 2. The molecule has 1 fully saturated rings. The first-order valence-corrected chi connectivity index (χ1v) is 9.72. The van der Waals surface area contributed by atoms with Crippen LogP contribution in [0.5, 0.6) is 0 Å². The fraction of sp³-hybridized carbons (Fsp3) is 0.895. The van der Waals surface area contributed by atoms with Gasteiger partial charge in [0.2, 0.25) is 11.8 Å². The van der Waals surface area contributed by atoms with E-state index in [9.17, 15) is 9.59 Å². The molecular formula is C19H37N3O3. The lowest BCUT2D eigenvalue weighted by Gasteiger charge is -2.34. The molecule has 0 aromatic heterocycles. The van der Waals surface area contributed by atoms with Crippen LogP contribution in [-0.4, -0.2) is 61.6 Å². The molecule has 0 aromatic rings. The molecule has 0 spiro atoms. The molecule has 1 heterocycles. The van der Waals surface area contributed by atoms with Crippen molar-refractivity contribution in [2.75, 3.05) is 32.8 Å². The highest BCUT2D eigenvalue weighted by molar-refractivity contribution is 5.81. The van der Waals surface area contributed by atoms with Crippen molar-refractivity contribution < 1.29 is 14.3 Å². The number of carbonyl (C=O) groups excluding carboxylic acids is 2. The first kappa shape index (κ1) is 21.9. The molecule has 2 N–H and O–H groups in total. The molecule has 6 nitrogen and oxygen atoms in total. The summed E-state index contributed by atoms with van der Waals surface area (Å²) in [5, 5.41) is 6.00. The van der Waals surface area contributed by atoms with Crippen LogP contribution in [0.3, 0.4) is 0 Å². The van der Waals surface area contributed by atoms with Gasteiger partial charge in [0.25, 0.3) is 0 Å². The van der Waals surface area contributed by atoms with Crippen LogP contribution >= 0.6 is 0 Å². The fourth-order valence-corrected chi connectivity index (χ4v) is 2.91. The molecule has 1 aliphatic heterocycles. The molecule has 0 aliphatic carbocycles. The predicted octanol–water partition coefficient (Wildman–Crippen LogP) is 1.79. The normalized spacial score (nSPS) is 17.7. The van der Waals surface area contributed by atoms with Crippen LogP contribution in [0, 0.1) is 11.8 Å². The van der Waals surface area contributed by atoms with Crippen LogP contribution in [0.2, 0.25) is 0 Å². The zero-order chi connectivity index (χ0) is 18.8. The van der Waals surface area contributed by atoms with E-state index >= 15 is 0 Å². The van der Waals surface area contributed by atoms with E-state index in [4.69, 9.17) is 4.74 Å². The fourth-order valence-electron chi connectivity index (χ4n) is 2.91. The number of likely N-dealkylation sites (tertiary alicyclic amines) is 1. The van der Waals surface area contributed by atoms with E-state index in [0.717, 1.165) is 32.4 Å². The van der Waals surface area contributed by atoms with E-state index in [-0.39, 0.29) is 29.9 Å². The van der Waals surface area contributed by atoms with Gasteiger partial charge in [-0.25, -0.2) is 0 Å². The molecule has 0 aromatic carbocycles. The summed E-state index contributed by atoms with van der Waals surface area (Å²) in [6.07, 6.45) is 2.71. The zero-order valence-electron chi connectivity index (χ0n) is 16.6. The number of piperidine rings is 1. The second-order valence-electron chi connectivity index (χ2n) is 7.69. The van der Waals surface area contributed by atoms with Crippen LogP contribution < -0.4 is 10.6 Å². The number of nitrogens with one attached hydrogen (secondary N) is 2. The first-order valence-electron chi connectivity index (χ1n) is 9.72. The molecule has 146 valence electrons. The second-order valence-corrected chi connectivity index (χ2v) is 7.69. The summed E-state index contributed by atoms with van der Waals surface area (Å²) in [4.78, 5) is 26.6. The Labute approximate surface area is 153 Å². The lowest BCUT2D eigenvalue weighted by molar-refractivity contribution is -0.128. The number of rotatable bonds is 10. The van der Waals surface area contributed by atoms with E-state index < -0.39 is 0 Å². The van der Waals surface area contributed by atoms with Gasteiger partial charge in [0, 0.05) is 25.6 Å². The smallest absolute Gasteiger partial charge is 0.237 e. The van der Waals surface area contributed by atoms with E-state index in [0.29, 0.717) is 25.6 Å². The van der Waals surface area contributed by atoms with Crippen molar-refractivity contribution >= 4 is 11.8 Å². The molecule has 6 heteroatoms. The molecule has 0 radical (unpaired) electrons. The topological polar surface area (TPSA) is 70.7 Å². The van der Waals surface area contributed by atoms with Crippen LogP contribution in [0.4, 0.5) is 0 Å². The molecule has 1 aliphatic rings. The number of hydrogen-bond donors (Lipinski definition) is 2. The van der Waals surface area contributed by atoms with Crippen molar-refractivity contribution in [1.82, 2.24) is 15.5 Å². The standard InChI is InChI=1S/C19H37N3O3/c1-14(2)13-21-18(23)16(5)22-10-7-17(8-11-22)19(24)20-9-6-12-25-15(3)4/h14-17H,6-13H2,1-5H3,(H,20,24)(H,21,23). The molecular weight excluding hydrogens is 318 g/mol. The molecule has 1 atom stereocenters. The number of carbonyl (C=O) groups is 2. The molecule has 2 amide bonds. The molecule has 1 rings (SSSR count). The van der Waals surface area contributed by atoms with Gasteiger partial charge in [0.1, 0.15) is 0 Å². The quantitative estimate of drug-likeness (QED) is 0.586. The third-order valence-electron chi connectivity index (χ3n) is 4.58. The summed E-state index contributed by atoms with van der Waals surface area (Å²) < 4.78 is 5.47. The van der Waals surface area contributed by atoms with Gasteiger partial charge in [0.05, 0.1) is 12.1 Å². The van der Waals surface area contributed by atoms with Crippen molar-refractivity contribution in [3.8, 4) is 0 Å². The number of hydrogen-bond acceptors (Lipinski definition) is 4. The highest BCUT2D eigenvalue weighted by Crippen LogP contribution is 2.19. The first-order chi connectivity index (χ1) is 11.8. The van der Waals surface area contributed by atoms with Crippen LogP contribution in [0.15, 0.2) is 0 Å². The van der Waals surface area contributed by atoms with Crippen molar-refractivity contribution in [2.45, 2.75) is 66.0 Å². The molecule has 0 bridgehead atoms. The minimum absolute atomic E-state index is 0.0631. The highest BCUT2D eigenvalue weighted by Gasteiger charge is 2.29. The average molecular weight is 356 g/mol. The van der Waals surface area contributed by atoms with Crippen molar-refractivity contribution in [3.05, 3.63) is 0 Å². The lowest BCUT2D eigenvalue weighted by Crippen LogP contribution is -2.50. The van der Waals surface area contributed by atoms with Gasteiger partial charge in [-0.3, -0.25) is 14.5 Å². The Morgan fingerprint density at radius 1 is 1.08 bits per heavy atom. The van der Waals surface area contributed by atoms with Gasteiger partial charge in [-0.05, 0) is 59.0 Å². The van der Waals surface area contributed by atoms with E-state index in [1.54, 1.807) is 0 Å². The Morgan fingerprint density at radius 3 is 2.28 bits per heavy atom. The number of ether oxygens (including phenoxy) is 1. The highest BCUT2D eigenvalue weighted by atomic mass is 16.5. The van der Waals surface area contributed by atoms with Gasteiger partial charge in [0.15, 0.2) is 0 Å². The monoisotopic (exact) mass is 355 g/mol. The van der Waals surface area contributed by atoms with Crippen LogP contribution in [0.1, 0.15) is 53.9 Å². The van der Waals surface area contributed by atoms with Gasteiger partial charge in [-0.1, -0.05) is 13.8 Å².